The van der Waals surface area contributed by atoms with Gasteiger partial charge in [0.15, 0.2) is 11.6 Å². The van der Waals surface area contributed by atoms with Crippen LogP contribution in [0.4, 0.5) is 10.1 Å². The van der Waals surface area contributed by atoms with Gasteiger partial charge in [-0.05, 0) is 30.7 Å². The maximum absolute atomic E-state index is 14.3. The Hall–Kier alpha value is -3.07. The fraction of sp³-hybridized carbons (Fsp3) is 0.222. The minimum atomic E-state index is -0.563. The number of nitriles is 1. The Labute approximate surface area is 139 Å². The van der Waals surface area contributed by atoms with E-state index in [0.717, 1.165) is 0 Å². The Bertz CT molecular complexity index is 816. The molecule has 0 unspecified atom stereocenters. The number of hydrogen-bond donors (Lipinski definition) is 1. The molecule has 1 N–H and O–H groups in total. The zero-order chi connectivity index (χ0) is 17.1. The highest BCUT2D eigenvalue weighted by molar-refractivity contribution is 5.86. The molecule has 1 atom stereocenters. The second kappa shape index (κ2) is 6.59. The molecule has 5 nitrogen and oxygen atoms in total. The van der Waals surface area contributed by atoms with E-state index in [1.807, 2.05) is 6.07 Å². The largest absolute Gasteiger partial charge is 0.453 e. The summed E-state index contributed by atoms with van der Waals surface area (Å²) >= 11 is 0. The van der Waals surface area contributed by atoms with Gasteiger partial charge in [0.05, 0.1) is 5.56 Å². The van der Waals surface area contributed by atoms with Crippen LogP contribution >= 0.6 is 0 Å². The first-order chi connectivity index (χ1) is 11.6. The zero-order valence-corrected chi connectivity index (χ0v) is 13.1. The number of anilines is 1. The van der Waals surface area contributed by atoms with Crippen molar-refractivity contribution in [1.82, 2.24) is 4.90 Å². The number of carbonyl (C=O) groups excluding carboxylic acids is 1. The highest BCUT2D eigenvalue weighted by Gasteiger charge is 2.28. The van der Waals surface area contributed by atoms with Gasteiger partial charge in [-0.3, -0.25) is 4.79 Å². The molecule has 0 bridgehead atoms. The quantitative estimate of drug-likeness (QED) is 0.938. The molecule has 122 valence electrons. The number of halogens is 1. The number of benzene rings is 2. The van der Waals surface area contributed by atoms with Crippen LogP contribution in [0.2, 0.25) is 0 Å². The molecule has 2 aromatic carbocycles. The highest BCUT2D eigenvalue weighted by atomic mass is 19.1. The van der Waals surface area contributed by atoms with Crippen molar-refractivity contribution in [2.24, 2.45) is 0 Å². The van der Waals surface area contributed by atoms with Crippen molar-refractivity contribution < 1.29 is 13.9 Å². The molecule has 0 aliphatic carbocycles. The molecule has 24 heavy (non-hydrogen) atoms. The average Bonchev–Trinajstić information content (AvgIpc) is 2.90. The number of likely N-dealkylation sites (N-methyl/N-ethyl adjacent to an activating group) is 1. The molecule has 0 spiro atoms. The number of para-hydroxylation sites is 1. The number of nitrogens with one attached hydrogen (secondary N) is 1. The summed E-state index contributed by atoms with van der Waals surface area (Å²) in [5, 5.41) is 12.1. The van der Waals surface area contributed by atoms with Crippen LogP contribution in [0.3, 0.4) is 0 Å². The summed E-state index contributed by atoms with van der Waals surface area (Å²) in [7, 11) is 1.74. The molecule has 0 radical (unpaired) electrons. The first-order valence-electron chi connectivity index (χ1n) is 7.56. The molecule has 1 aliphatic rings. The fourth-order valence-electron chi connectivity index (χ4n) is 2.60. The Morgan fingerprint density at radius 2 is 2.08 bits per heavy atom. The van der Waals surface area contributed by atoms with Gasteiger partial charge in [-0.25, -0.2) is 4.39 Å². The van der Waals surface area contributed by atoms with Crippen LogP contribution < -0.4 is 10.1 Å². The lowest BCUT2D eigenvalue weighted by molar-refractivity contribution is -0.127. The number of likely N-dealkylation sites (tertiary alicyclic amines) is 1. The van der Waals surface area contributed by atoms with E-state index in [-0.39, 0.29) is 17.7 Å². The third kappa shape index (κ3) is 3.15. The minimum absolute atomic E-state index is 0.00122. The maximum Gasteiger partial charge on any atom is 0.244 e. The highest BCUT2D eigenvalue weighted by Crippen LogP contribution is 2.29. The molecule has 2 aromatic rings. The first kappa shape index (κ1) is 15.8. The fourth-order valence-corrected chi connectivity index (χ4v) is 2.60. The first-order valence-corrected chi connectivity index (χ1v) is 7.56. The summed E-state index contributed by atoms with van der Waals surface area (Å²) in [5.41, 5.74) is 0.848. The van der Waals surface area contributed by atoms with Gasteiger partial charge in [0.25, 0.3) is 0 Å². The van der Waals surface area contributed by atoms with E-state index in [4.69, 9.17) is 10.00 Å². The normalized spacial score (nSPS) is 16.8. The van der Waals surface area contributed by atoms with Crippen LogP contribution in [0.25, 0.3) is 0 Å². The molecule has 1 fully saturated rings. The van der Waals surface area contributed by atoms with Gasteiger partial charge in [-0.1, -0.05) is 12.1 Å². The van der Waals surface area contributed by atoms with Gasteiger partial charge >= 0.3 is 0 Å². The van der Waals surface area contributed by atoms with Crippen molar-refractivity contribution in [3.05, 3.63) is 53.8 Å². The molecule has 6 heteroatoms. The molecule has 1 amide bonds. The van der Waals surface area contributed by atoms with Crippen molar-refractivity contribution in [3.8, 4) is 17.6 Å². The van der Waals surface area contributed by atoms with Crippen molar-refractivity contribution in [2.45, 2.75) is 12.5 Å². The van der Waals surface area contributed by atoms with E-state index in [1.54, 1.807) is 42.3 Å². The SMILES string of the molecule is CN1CC[C@H](Nc2ccc(Oc3ccccc3C#N)c(F)c2)C1=O. The van der Waals surface area contributed by atoms with Crippen LogP contribution in [-0.4, -0.2) is 30.4 Å². The van der Waals surface area contributed by atoms with Crippen molar-refractivity contribution in [1.29, 1.82) is 5.26 Å². The van der Waals surface area contributed by atoms with E-state index in [0.29, 0.717) is 30.0 Å². The number of amides is 1. The second-order valence-electron chi connectivity index (χ2n) is 5.60. The van der Waals surface area contributed by atoms with Crippen LogP contribution in [0, 0.1) is 17.1 Å². The number of carbonyl (C=O) groups is 1. The summed E-state index contributed by atoms with van der Waals surface area (Å²) < 4.78 is 19.8. The second-order valence-corrected chi connectivity index (χ2v) is 5.60. The summed E-state index contributed by atoms with van der Waals surface area (Å²) in [6.07, 6.45) is 0.685. The van der Waals surface area contributed by atoms with Gasteiger partial charge in [-0.15, -0.1) is 0 Å². The molecule has 0 aromatic heterocycles. The van der Waals surface area contributed by atoms with Gasteiger partial charge in [-0.2, -0.15) is 5.26 Å². The Kier molecular flexibility index (Phi) is 4.34. The van der Waals surface area contributed by atoms with Crippen LogP contribution in [0.5, 0.6) is 11.5 Å². The van der Waals surface area contributed by atoms with Gasteiger partial charge in [0.1, 0.15) is 17.9 Å². The van der Waals surface area contributed by atoms with Gasteiger partial charge in [0.2, 0.25) is 5.91 Å². The third-order valence-electron chi connectivity index (χ3n) is 3.93. The standard InChI is InChI=1S/C18H16FN3O2/c1-22-9-8-15(18(22)23)21-13-6-7-17(14(19)10-13)24-16-5-3-2-4-12(16)11-20/h2-7,10,15,21H,8-9H2,1H3/t15-/m0/s1. The number of ether oxygens (including phenoxy) is 1. The van der Waals surface area contributed by atoms with E-state index in [9.17, 15) is 9.18 Å². The van der Waals surface area contributed by atoms with E-state index in [2.05, 4.69) is 5.32 Å². The number of hydrogen-bond acceptors (Lipinski definition) is 4. The summed E-state index contributed by atoms with van der Waals surface area (Å²) in [6, 6.07) is 12.7. The summed E-state index contributed by atoms with van der Waals surface area (Å²) in [6.45, 7) is 0.686. The Balaban J connectivity index is 1.76. The van der Waals surface area contributed by atoms with E-state index < -0.39 is 5.82 Å². The van der Waals surface area contributed by atoms with E-state index >= 15 is 0 Å². The zero-order valence-electron chi connectivity index (χ0n) is 13.1. The predicted molar refractivity (Wildman–Crippen MR) is 87.3 cm³/mol. The van der Waals surface area contributed by atoms with Crippen LogP contribution in [0.15, 0.2) is 42.5 Å². The average molecular weight is 325 g/mol. The monoisotopic (exact) mass is 325 g/mol. The predicted octanol–water partition coefficient (Wildman–Crippen LogP) is 3.13. The van der Waals surface area contributed by atoms with Gasteiger partial charge < -0.3 is 15.0 Å². The van der Waals surface area contributed by atoms with Crippen molar-refractivity contribution in [2.75, 3.05) is 18.9 Å². The Morgan fingerprint density at radius 3 is 2.75 bits per heavy atom. The lowest BCUT2D eigenvalue weighted by Gasteiger charge is -2.14. The van der Waals surface area contributed by atoms with Crippen LogP contribution in [0.1, 0.15) is 12.0 Å². The van der Waals surface area contributed by atoms with Crippen molar-refractivity contribution in [3.63, 3.8) is 0 Å². The summed E-state index contributed by atoms with van der Waals surface area (Å²) in [5.74, 6) is -0.240. The van der Waals surface area contributed by atoms with E-state index in [1.165, 1.54) is 12.1 Å². The molecule has 1 saturated heterocycles. The number of rotatable bonds is 4. The minimum Gasteiger partial charge on any atom is -0.453 e. The molecular weight excluding hydrogens is 309 g/mol. The number of nitrogens with zero attached hydrogens (tertiary/aromatic N) is 2. The topological polar surface area (TPSA) is 65.4 Å². The van der Waals surface area contributed by atoms with Crippen LogP contribution in [-0.2, 0) is 4.79 Å². The lowest BCUT2D eigenvalue weighted by atomic mass is 10.2. The lowest BCUT2D eigenvalue weighted by Crippen LogP contribution is -2.30. The third-order valence-corrected chi connectivity index (χ3v) is 3.93. The molecule has 3 rings (SSSR count). The molecule has 1 heterocycles. The Morgan fingerprint density at radius 1 is 1.29 bits per heavy atom. The van der Waals surface area contributed by atoms with Crippen molar-refractivity contribution >= 4 is 11.6 Å². The molecule has 1 aliphatic heterocycles. The van der Waals surface area contributed by atoms with Gasteiger partial charge in [0, 0.05) is 25.3 Å². The molecule has 0 saturated carbocycles. The summed E-state index contributed by atoms with van der Waals surface area (Å²) in [4.78, 5) is 13.5. The molecular formula is C18H16FN3O2. The smallest absolute Gasteiger partial charge is 0.244 e. The maximum atomic E-state index is 14.3.